The molecule has 3 rings (SSSR count). The molecule has 5 nitrogen and oxygen atoms in total. The first-order valence-electron chi connectivity index (χ1n) is 8.17. The molecule has 5 heteroatoms. The van der Waals surface area contributed by atoms with E-state index >= 15 is 0 Å². The normalized spacial score (nSPS) is 16.7. The molecular weight excluding hydrogens is 274 g/mol. The molecule has 0 aromatic carbocycles. The van der Waals surface area contributed by atoms with Gasteiger partial charge in [0.15, 0.2) is 0 Å². The van der Waals surface area contributed by atoms with E-state index in [-0.39, 0.29) is 0 Å². The highest BCUT2D eigenvalue weighted by Crippen LogP contribution is 2.17. The van der Waals surface area contributed by atoms with Crippen molar-refractivity contribution in [3.05, 3.63) is 42.0 Å². The van der Waals surface area contributed by atoms with Gasteiger partial charge in [-0.2, -0.15) is 5.10 Å². The second kappa shape index (κ2) is 6.92. The average molecular weight is 299 g/mol. The molecule has 0 saturated carbocycles. The lowest BCUT2D eigenvalue weighted by atomic mass is 10.3. The summed E-state index contributed by atoms with van der Waals surface area (Å²) < 4.78 is 2.00. The standard InChI is InChI=1S/C17H25N5/c1-3-22-10-6-16(19-22)14-20-8-4-9-21(12-11-20)17-5-7-18-15(2)13-17/h5-7,10,13H,3-4,8-9,11-12,14H2,1-2H3. The van der Waals surface area contributed by atoms with Gasteiger partial charge in [0.2, 0.25) is 0 Å². The molecule has 0 atom stereocenters. The van der Waals surface area contributed by atoms with Crippen molar-refractivity contribution >= 4 is 5.69 Å². The van der Waals surface area contributed by atoms with E-state index in [9.17, 15) is 0 Å². The number of anilines is 1. The number of hydrogen-bond donors (Lipinski definition) is 0. The second-order valence-corrected chi connectivity index (χ2v) is 5.93. The van der Waals surface area contributed by atoms with E-state index in [1.807, 2.05) is 10.9 Å². The molecule has 0 radical (unpaired) electrons. The topological polar surface area (TPSA) is 37.2 Å². The summed E-state index contributed by atoms with van der Waals surface area (Å²) in [7, 11) is 0. The molecule has 0 unspecified atom stereocenters. The molecule has 22 heavy (non-hydrogen) atoms. The summed E-state index contributed by atoms with van der Waals surface area (Å²) >= 11 is 0. The van der Waals surface area contributed by atoms with E-state index in [2.05, 4.69) is 58.1 Å². The lowest BCUT2D eigenvalue weighted by Crippen LogP contribution is -2.30. The van der Waals surface area contributed by atoms with Crippen LogP contribution in [-0.2, 0) is 13.1 Å². The predicted molar refractivity (Wildman–Crippen MR) is 89.0 cm³/mol. The van der Waals surface area contributed by atoms with Crippen LogP contribution in [0, 0.1) is 6.92 Å². The number of nitrogens with zero attached hydrogens (tertiary/aromatic N) is 5. The van der Waals surface area contributed by atoms with Gasteiger partial charge in [-0.3, -0.25) is 14.6 Å². The largest absolute Gasteiger partial charge is 0.370 e. The van der Waals surface area contributed by atoms with E-state index in [0.29, 0.717) is 0 Å². The van der Waals surface area contributed by atoms with Crippen molar-refractivity contribution in [1.29, 1.82) is 0 Å². The molecule has 2 aromatic heterocycles. The van der Waals surface area contributed by atoms with Crippen molar-refractivity contribution in [3.8, 4) is 0 Å². The van der Waals surface area contributed by atoms with Gasteiger partial charge in [-0.15, -0.1) is 0 Å². The zero-order valence-electron chi connectivity index (χ0n) is 13.6. The van der Waals surface area contributed by atoms with Crippen LogP contribution in [0.25, 0.3) is 0 Å². The Morgan fingerprint density at radius 1 is 1.14 bits per heavy atom. The van der Waals surface area contributed by atoms with E-state index in [0.717, 1.165) is 45.0 Å². The van der Waals surface area contributed by atoms with Gasteiger partial charge in [0.1, 0.15) is 0 Å². The van der Waals surface area contributed by atoms with Crippen LogP contribution in [0.5, 0.6) is 0 Å². The van der Waals surface area contributed by atoms with Gasteiger partial charge in [-0.05, 0) is 38.5 Å². The summed E-state index contributed by atoms with van der Waals surface area (Å²) in [5.41, 5.74) is 3.56. The van der Waals surface area contributed by atoms with Crippen molar-refractivity contribution in [2.75, 3.05) is 31.1 Å². The third-order valence-electron chi connectivity index (χ3n) is 4.24. The summed E-state index contributed by atoms with van der Waals surface area (Å²) in [5.74, 6) is 0. The minimum Gasteiger partial charge on any atom is -0.370 e. The van der Waals surface area contributed by atoms with Crippen LogP contribution in [0.4, 0.5) is 5.69 Å². The average Bonchev–Trinajstić information content (AvgIpc) is 2.84. The van der Waals surface area contributed by atoms with Crippen molar-refractivity contribution in [2.24, 2.45) is 0 Å². The Bertz CT molecular complexity index is 607. The molecule has 3 heterocycles. The van der Waals surface area contributed by atoms with E-state index in [4.69, 9.17) is 0 Å². The molecular formula is C17H25N5. The number of aryl methyl sites for hydroxylation is 2. The lowest BCUT2D eigenvalue weighted by molar-refractivity contribution is 0.281. The van der Waals surface area contributed by atoms with Crippen molar-refractivity contribution in [2.45, 2.75) is 33.4 Å². The van der Waals surface area contributed by atoms with Gasteiger partial charge in [0.25, 0.3) is 0 Å². The van der Waals surface area contributed by atoms with Gasteiger partial charge in [0, 0.05) is 63.0 Å². The Labute approximate surface area is 132 Å². The molecule has 0 spiro atoms. The minimum absolute atomic E-state index is 0.940. The van der Waals surface area contributed by atoms with E-state index in [1.54, 1.807) is 0 Å². The fourth-order valence-corrected chi connectivity index (χ4v) is 3.01. The third kappa shape index (κ3) is 3.65. The lowest BCUT2D eigenvalue weighted by Gasteiger charge is -2.23. The summed E-state index contributed by atoms with van der Waals surface area (Å²) in [6.45, 7) is 10.5. The maximum absolute atomic E-state index is 4.60. The summed E-state index contributed by atoms with van der Waals surface area (Å²) in [4.78, 5) is 9.27. The monoisotopic (exact) mass is 299 g/mol. The Morgan fingerprint density at radius 3 is 2.82 bits per heavy atom. The molecule has 1 saturated heterocycles. The van der Waals surface area contributed by atoms with E-state index in [1.165, 1.54) is 17.8 Å². The number of hydrogen-bond acceptors (Lipinski definition) is 4. The Balaban J connectivity index is 1.60. The Morgan fingerprint density at radius 2 is 2.05 bits per heavy atom. The molecule has 0 bridgehead atoms. The molecule has 0 N–H and O–H groups in total. The fraction of sp³-hybridized carbons (Fsp3) is 0.529. The van der Waals surface area contributed by atoms with Crippen LogP contribution in [-0.4, -0.2) is 45.8 Å². The maximum atomic E-state index is 4.60. The van der Waals surface area contributed by atoms with Crippen LogP contribution < -0.4 is 4.90 Å². The zero-order chi connectivity index (χ0) is 15.4. The summed E-state index contributed by atoms with van der Waals surface area (Å²) in [5, 5.41) is 4.60. The van der Waals surface area contributed by atoms with Gasteiger partial charge in [-0.1, -0.05) is 0 Å². The summed E-state index contributed by atoms with van der Waals surface area (Å²) in [6.07, 6.45) is 5.17. The highest BCUT2D eigenvalue weighted by Gasteiger charge is 2.16. The fourth-order valence-electron chi connectivity index (χ4n) is 3.01. The van der Waals surface area contributed by atoms with Crippen LogP contribution >= 0.6 is 0 Å². The van der Waals surface area contributed by atoms with Gasteiger partial charge < -0.3 is 4.90 Å². The molecule has 118 valence electrons. The Kier molecular flexibility index (Phi) is 4.73. The van der Waals surface area contributed by atoms with Crippen molar-refractivity contribution < 1.29 is 0 Å². The second-order valence-electron chi connectivity index (χ2n) is 5.93. The van der Waals surface area contributed by atoms with Crippen LogP contribution in [0.15, 0.2) is 30.6 Å². The minimum atomic E-state index is 0.940. The smallest absolute Gasteiger partial charge is 0.0764 e. The SMILES string of the molecule is CCn1ccc(CN2CCCN(c3ccnc(C)c3)CC2)n1. The summed E-state index contributed by atoms with van der Waals surface area (Å²) in [6, 6.07) is 6.43. The number of pyridine rings is 1. The molecule has 0 amide bonds. The number of rotatable bonds is 4. The molecule has 0 aliphatic carbocycles. The predicted octanol–water partition coefficient (Wildman–Crippen LogP) is 2.32. The highest BCUT2D eigenvalue weighted by atomic mass is 15.3. The quantitative estimate of drug-likeness (QED) is 0.868. The van der Waals surface area contributed by atoms with Gasteiger partial charge >= 0.3 is 0 Å². The first kappa shape index (κ1) is 15.0. The van der Waals surface area contributed by atoms with Crippen LogP contribution in [0.3, 0.4) is 0 Å². The molecule has 1 aliphatic heterocycles. The van der Waals surface area contributed by atoms with Crippen molar-refractivity contribution in [3.63, 3.8) is 0 Å². The Hall–Kier alpha value is -1.88. The third-order valence-corrected chi connectivity index (χ3v) is 4.24. The maximum Gasteiger partial charge on any atom is 0.0764 e. The van der Waals surface area contributed by atoms with Crippen LogP contribution in [0.1, 0.15) is 24.7 Å². The van der Waals surface area contributed by atoms with Gasteiger partial charge in [-0.25, -0.2) is 0 Å². The molecule has 1 aliphatic rings. The zero-order valence-corrected chi connectivity index (χ0v) is 13.6. The van der Waals surface area contributed by atoms with E-state index < -0.39 is 0 Å². The van der Waals surface area contributed by atoms with Crippen LogP contribution in [0.2, 0.25) is 0 Å². The number of aromatic nitrogens is 3. The van der Waals surface area contributed by atoms with Crippen molar-refractivity contribution in [1.82, 2.24) is 19.7 Å². The van der Waals surface area contributed by atoms with Gasteiger partial charge in [0.05, 0.1) is 5.69 Å². The highest BCUT2D eigenvalue weighted by molar-refractivity contribution is 5.46. The molecule has 2 aromatic rings. The first-order valence-corrected chi connectivity index (χ1v) is 8.17. The first-order chi connectivity index (χ1) is 10.7. The molecule has 1 fully saturated rings.